The number of fused-ring (bicyclic) bond motifs is 1. The summed E-state index contributed by atoms with van der Waals surface area (Å²) in [5.74, 6) is 1.89. The van der Waals surface area contributed by atoms with Crippen LogP contribution in [-0.2, 0) is 6.54 Å². The van der Waals surface area contributed by atoms with Crippen molar-refractivity contribution in [1.82, 2.24) is 25.4 Å². The van der Waals surface area contributed by atoms with E-state index in [4.69, 9.17) is 9.15 Å². The second kappa shape index (κ2) is 5.49. The Labute approximate surface area is 127 Å². The van der Waals surface area contributed by atoms with E-state index in [1.54, 1.807) is 0 Å². The number of nitrogens with zero attached hydrogens (tertiary/aromatic N) is 5. The first-order valence-electron chi connectivity index (χ1n) is 7.52. The van der Waals surface area contributed by atoms with Crippen LogP contribution in [0.15, 0.2) is 27.4 Å². The Morgan fingerprint density at radius 3 is 2.73 bits per heavy atom. The van der Waals surface area contributed by atoms with Gasteiger partial charge in [0.1, 0.15) is 11.0 Å². The van der Waals surface area contributed by atoms with Crippen molar-refractivity contribution in [2.24, 2.45) is 0 Å². The highest BCUT2D eigenvalue weighted by Crippen LogP contribution is 2.27. The molecule has 3 aromatic rings. The molecule has 0 atom stereocenters. The summed E-state index contributed by atoms with van der Waals surface area (Å²) in [7, 11) is 0. The van der Waals surface area contributed by atoms with Crippen molar-refractivity contribution in [3.63, 3.8) is 0 Å². The lowest BCUT2D eigenvalue weighted by Gasteiger charge is -2.30. The SMILES string of the molecule is Cc1noc(C2CCN(Cc3ccc4nonc4c3)CC2)n1. The predicted molar refractivity (Wildman–Crippen MR) is 78.1 cm³/mol. The molecule has 7 heteroatoms. The van der Waals surface area contributed by atoms with Crippen LogP contribution in [0.25, 0.3) is 11.0 Å². The molecule has 1 aliphatic heterocycles. The molecule has 3 heterocycles. The Morgan fingerprint density at radius 2 is 1.95 bits per heavy atom. The van der Waals surface area contributed by atoms with Crippen LogP contribution < -0.4 is 0 Å². The summed E-state index contributed by atoms with van der Waals surface area (Å²) in [4.78, 5) is 6.79. The largest absolute Gasteiger partial charge is 0.339 e. The molecular formula is C15H17N5O2. The lowest BCUT2D eigenvalue weighted by molar-refractivity contribution is 0.187. The number of aromatic nitrogens is 4. The van der Waals surface area contributed by atoms with Crippen molar-refractivity contribution in [3.8, 4) is 0 Å². The topological polar surface area (TPSA) is 81.1 Å². The van der Waals surface area contributed by atoms with Gasteiger partial charge >= 0.3 is 0 Å². The minimum absolute atomic E-state index is 0.389. The van der Waals surface area contributed by atoms with E-state index in [1.165, 1.54) is 5.56 Å². The minimum atomic E-state index is 0.389. The molecular weight excluding hydrogens is 282 g/mol. The Kier molecular flexibility index (Phi) is 3.34. The van der Waals surface area contributed by atoms with Crippen molar-refractivity contribution in [2.75, 3.05) is 13.1 Å². The van der Waals surface area contributed by atoms with Crippen LogP contribution in [0.4, 0.5) is 0 Å². The summed E-state index contributed by atoms with van der Waals surface area (Å²) < 4.78 is 10.0. The Hall–Kier alpha value is -2.28. The van der Waals surface area contributed by atoms with Crippen molar-refractivity contribution in [3.05, 3.63) is 35.5 Å². The van der Waals surface area contributed by atoms with Gasteiger partial charge in [-0.1, -0.05) is 11.2 Å². The number of piperidine rings is 1. The van der Waals surface area contributed by atoms with Gasteiger partial charge in [0.05, 0.1) is 0 Å². The normalized spacial score (nSPS) is 17.3. The van der Waals surface area contributed by atoms with Gasteiger partial charge < -0.3 is 4.52 Å². The van der Waals surface area contributed by atoms with Gasteiger partial charge in [0, 0.05) is 12.5 Å². The molecule has 0 unspecified atom stereocenters. The zero-order valence-corrected chi connectivity index (χ0v) is 12.4. The molecule has 1 aromatic carbocycles. The second-order valence-electron chi connectivity index (χ2n) is 5.82. The standard InChI is InChI=1S/C15H17N5O2/c1-10-16-15(21-17-10)12-4-6-20(7-5-12)9-11-2-3-13-14(8-11)19-22-18-13/h2-3,8,12H,4-7,9H2,1H3. The maximum absolute atomic E-state index is 5.29. The fourth-order valence-corrected chi connectivity index (χ4v) is 3.00. The molecule has 4 rings (SSSR count). The van der Waals surface area contributed by atoms with E-state index < -0.39 is 0 Å². The monoisotopic (exact) mass is 299 g/mol. The maximum atomic E-state index is 5.29. The van der Waals surface area contributed by atoms with Gasteiger partial charge in [0.25, 0.3) is 0 Å². The van der Waals surface area contributed by atoms with E-state index in [1.807, 2.05) is 19.1 Å². The number of likely N-dealkylation sites (tertiary alicyclic amines) is 1. The van der Waals surface area contributed by atoms with E-state index in [-0.39, 0.29) is 0 Å². The first-order valence-corrected chi connectivity index (χ1v) is 7.52. The van der Waals surface area contributed by atoms with Gasteiger partial charge in [0.15, 0.2) is 5.82 Å². The van der Waals surface area contributed by atoms with E-state index in [2.05, 4.69) is 31.4 Å². The Bertz CT molecular complexity index is 773. The average molecular weight is 299 g/mol. The van der Waals surface area contributed by atoms with Crippen molar-refractivity contribution < 1.29 is 9.15 Å². The number of benzene rings is 1. The molecule has 0 N–H and O–H groups in total. The van der Waals surface area contributed by atoms with E-state index >= 15 is 0 Å². The second-order valence-corrected chi connectivity index (χ2v) is 5.82. The predicted octanol–water partition coefficient (Wildman–Crippen LogP) is 2.29. The van der Waals surface area contributed by atoms with Crippen LogP contribution in [0, 0.1) is 6.92 Å². The third-order valence-electron chi connectivity index (χ3n) is 4.20. The Balaban J connectivity index is 1.39. The van der Waals surface area contributed by atoms with Crippen LogP contribution in [0.1, 0.15) is 36.0 Å². The fraction of sp³-hybridized carbons (Fsp3) is 0.467. The van der Waals surface area contributed by atoms with Gasteiger partial charge in [-0.25, -0.2) is 4.63 Å². The number of aryl methyl sites for hydroxylation is 1. The Morgan fingerprint density at radius 1 is 1.14 bits per heavy atom. The molecule has 0 spiro atoms. The first kappa shape index (κ1) is 13.4. The molecule has 22 heavy (non-hydrogen) atoms. The molecule has 0 radical (unpaired) electrons. The summed E-state index contributed by atoms with van der Waals surface area (Å²) in [6.45, 7) is 4.83. The maximum Gasteiger partial charge on any atom is 0.229 e. The molecule has 2 aromatic heterocycles. The average Bonchev–Trinajstić information content (AvgIpc) is 3.16. The molecule has 7 nitrogen and oxygen atoms in total. The molecule has 0 saturated carbocycles. The van der Waals surface area contributed by atoms with Crippen molar-refractivity contribution in [1.29, 1.82) is 0 Å². The van der Waals surface area contributed by atoms with Crippen LogP contribution >= 0.6 is 0 Å². The zero-order valence-electron chi connectivity index (χ0n) is 12.4. The fourth-order valence-electron chi connectivity index (χ4n) is 3.00. The van der Waals surface area contributed by atoms with Gasteiger partial charge in [-0.05, 0) is 60.9 Å². The molecule has 0 aliphatic carbocycles. The molecule has 0 amide bonds. The van der Waals surface area contributed by atoms with E-state index in [0.717, 1.165) is 49.4 Å². The quantitative estimate of drug-likeness (QED) is 0.734. The first-order chi connectivity index (χ1) is 10.8. The van der Waals surface area contributed by atoms with Crippen molar-refractivity contribution >= 4 is 11.0 Å². The highest BCUT2D eigenvalue weighted by molar-refractivity contribution is 5.73. The number of hydrogen-bond donors (Lipinski definition) is 0. The van der Waals surface area contributed by atoms with Gasteiger partial charge in [0.2, 0.25) is 5.89 Å². The smallest absolute Gasteiger partial charge is 0.229 e. The van der Waals surface area contributed by atoms with Gasteiger partial charge in [-0.3, -0.25) is 4.90 Å². The highest BCUT2D eigenvalue weighted by atomic mass is 16.6. The lowest BCUT2D eigenvalue weighted by atomic mass is 9.96. The van der Waals surface area contributed by atoms with Crippen molar-refractivity contribution in [2.45, 2.75) is 32.2 Å². The lowest BCUT2D eigenvalue weighted by Crippen LogP contribution is -2.32. The molecule has 114 valence electrons. The molecule has 1 aliphatic rings. The summed E-state index contributed by atoms with van der Waals surface area (Å²) in [6.07, 6.45) is 2.10. The third-order valence-corrected chi connectivity index (χ3v) is 4.20. The van der Waals surface area contributed by atoms with Crippen LogP contribution in [0.5, 0.6) is 0 Å². The number of hydrogen-bond acceptors (Lipinski definition) is 7. The summed E-state index contributed by atoms with van der Waals surface area (Å²) in [5.41, 5.74) is 2.85. The van der Waals surface area contributed by atoms with E-state index in [9.17, 15) is 0 Å². The van der Waals surface area contributed by atoms with Gasteiger partial charge in [-0.15, -0.1) is 0 Å². The van der Waals surface area contributed by atoms with Crippen LogP contribution in [0.3, 0.4) is 0 Å². The number of rotatable bonds is 3. The molecule has 1 saturated heterocycles. The zero-order chi connectivity index (χ0) is 14.9. The summed E-state index contributed by atoms with van der Waals surface area (Å²) >= 11 is 0. The minimum Gasteiger partial charge on any atom is -0.339 e. The molecule has 1 fully saturated rings. The summed E-state index contributed by atoms with van der Waals surface area (Å²) in [5, 5.41) is 11.6. The van der Waals surface area contributed by atoms with Crippen LogP contribution in [0.2, 0.25) is 0 Å². The van der Waals surface area contributed by atoms with Gasteiger partial charge in [-0.2, -0.15) is 4.98 Å². The van der Waals surface area contributed by atoms with Crippen LogP contribution in [-0.4, -0.2) is 38.4 Å². The molecule has 0 bridgehead atoms. The highest BCUT2D eigenvalue weighted by Gasteiger charge is 2.24. The van der Waals surface area contributed by atoms with E-state index in [0.29, 0.717) is 11.7 Å². The summed E-state index contributed by atoms with van der Waals surface area (Å²) in [6, 6.07) is 6.08. The third kappa shape index (κ3) is 2.59.